The first-order chi connectivity index (χ1) is 8.10. The molecule has 1 aliphatic rings. The molecule has 1 aliphatic heterocycles. The van der Waals surface area contributed by atoms with E-state index in [9.17, 15) is 0 Å². The minimum absolute atomic E-state index is 0.331. The molecule has 1 fully saturated rings. The standard InChI is InChI=1S/C12H21N5/c1-8-4-5-9(2)17(7-8)11-6-10(14-3)15-12(13)16-11/h6,8-9H,4-5,7H2,1-3H3,(H3,13,14,15,16). The SMILES string of the molecule is CNc1cc(N2CC(C)CCC2C)nc(N)n1. The van der Waals surface area contributed by atoms with Gasteiger partial charge in [0.1, 0.15) is 11.6 Å². The fourth-order valence-electron chi connectivity index (χ4n) is 2.34. The molecule has 0 aliphatic carbocycles. The number of hydrogen-bond acceptors (Lipinski definition) is 5. The van der Waals surface area contributed by atoms with Crippen LogP contribution in [0.3, 0.4) is 0 Å². The van der Waals surface area contributed by atoms with Crippen molar-refractivity contribution in [3.8, 4) is 0 Å². The van der Waals surface area contributed by atoms with E-state index < -0.39 is 0 Å². The normalized spacial score (nSPS) is 24.8. The highest BCUT2D eigenvalue weighted by atomic mass is 15.2. The number of piperidine rings is 1. The summed E-state index contributed by atoms with van der Waals surface area (Å²) in [5.74, 6) is 2.75. The molecule has 5 nitrogen and oxygen atoms in total. The molecular weight excluding hydrogens is 214 g/mol. The number of nitrogens with one attached hydrogen (secondary N) is 1. The van der Waals surface area contributed by atoms with Gasteiger partial charge in [0.2, 0.25) is 5.95 Å². The van der Waals surface area contributed by atoms with Crippen LogP contribution in [0.25, 0.3) is 0 Å². The summed E-state index contributed by atoms with van der Waals surface area (Å²) < 4.78 is 0. The molecule has 0 amide bonds. The Labute approximate surface area is 102 Å². The summed E-state index contributed by atoms with van der Waals surface area (Å²) in [4.78, 5) is 10.8. The van der Waals surface area contributed by atoms with Gasteiger partial charge in [-0.25, -0.2) is 0 Å². The Hall–Kier alpha value is -1.52. The zero-order chi connectivity index (χ0) is 12.4. The highest BCUT2D eigenvalue weighted by molar-refractivity contribution is 5.53. The topological polar surface area (TPSA) is 67.1 Å². The largest absolute Gasteiger partial charge is 0.373 e. The third-order valence-electron chi connectivity index (χ3n) is 3.40. The van der Waals surface area contributed by atoms with Gasteiger partial charge in [-0.2, -0.15) is 9.97 Å². The Kier molecular flexibility index (Phi) is 3.36. The second-order valence-electron chi connectivity index (χ2n) is 4.90. The highest BCUT2D eigenvalue weighted by Crippen LogP contribution is 2.27. The van der Waals surface area contributed by atoms with Crippen LogP contribution in [0.1, 0.15) is 26.7 Å². The Morgan fingerprint density at radius 1 is 1.35 bits per heavy atom. The van der Waals surface area contributed by atoms with Crippen LogP contribution in [0, 0.1) is 5.92 Å². The number of aromatic nitrogens is 2. The van der Waals surface area contributed by atoms with Crippen molar-refractivity contribution in [3.05, 3.63) is 6.07 Å². The number of rotatable bonds is 2. The van der Waals surface area contributed by atoms with Gasteiger partial charge in [-0.3, -0.25) is 0 Å². The molecule has 94 valence electrons. The quantitative estimate of drug-likeness (QED) is 0.817. The number of nitrogen functional groups attached to an aromatic ring is 1. The Morgan fingerprint density at radius 2 is 2.12 bits per heavy atom. The van der Waals surface area contributed by atoms with Gasteiger partial charge in [0.15, 0.2) is 0 Å². The van der Waals surface area contributed by atoms with Gasteiger partial charge in [0, 0.05) is 25.7 Å². The summed E-state index contributed by atoms with van der Waals surface area (Å²) in [6.45, 7) is 5.56. The van der Waals surface area contributed by atoms with Crippen molar-refractivity contribution in [1.82, 2.24) is 9.97 Å². The maximum Gasteiger partial charge on any atom is 0.223 e. The van der Waals surface area contributed by atoms with Crippen LogP contribution in [-0.4, -0.2) is 29.6 Å². The van der Waals surface area contributed by atoms with Crippen LogP contribution in [0.4, 0.5) is 17.6 Å². The molecule has 0 spiro atoms. The van der Waals surface area contributed by atoms with E-state index in [2.05, 4.69) is 34.0 Å². The Morgan fingerprint density at radius 3 is 2.82 bits per heavy atom. The van der Waals surface area contributed by atoms with E-state index in [1.54, 1.807) is 0 Å². The molecular formula is C12H21N5. The maximum absolute atomic E-state index is 5.73. The van der Waals surface area contributed by atoms with E-state index >= 15 is 0 Å². The predicted molar refractivity (Wildman–Crippen MR) is 71.2 cm³/mol. The highest BCUT2D eigenvalue weighted by Gasteiger charge is 2.24. The van der Waals surface area contributed by atoms with E-state index in [0.717, 1.165) is 18.2 Å². The van der Waals surface area contributed by atoms with Gasteiger partial charge >= 0.3 is 0 Å². The first-order valence-corrected chi connectivity index (χ1v) is 6.19. The molecule has 17 heavy (non-hydrogen) atoms. The van der Waals surface area contributed by atoms with Crippen molar-refractivity contribution in [1.29, 1.82) is 0 Å². The van der Waals surface area contributed by atoms with Crippen LogP contribution in [0.2, 0.25) is 0 Å². The fraction of sp³-hybridized carbons (Fsp3) is 0.667. The summed E-state index contributed by atoms with van der Waals surface area (Å²) in [7, 11) is 1.84. The van der Waals surface area contributed by atoms with Crippen LogP contribution in [0.5, 0.6) is 0 Å². The molecule has 2 unspecified atom stereocenters. The summed E-state index contributed by atoms with van der Waals surface area (Å²) in [5.41, 5.74) is 5.73. The van der Waals surface area contributed by atoms with Crippen molar-refractivity contribution in [2.45, 2.75) is 32.7 Å². The van der Waals surface area contributed by atoms with E-state index in [0.29, 0.717) is 17.9 Å². The zero-order valence-electron chi connectivity index (χ0n) is 10.8. The van der Waals surface area contributed by atoms with Gasteiger partial charge in [0.05, 0.1) is 0 Å². The fourth-order valence-corrected chi connectivity index (χ4v) is 2.34. The minimum atomic E-state index is 0.331. The summed E-state index contributed by atoms with van der Waals surface area (Å²) >= 11 is 0. The molecule has 0 aromatic carbocycles. The van der Waals surface area contributed by atoms with E-state index in [1.165, 1.54) is 12.8 Å². The molecule has 2 rings (SSSR count). The smallest absolute Gasteiger partial charge is 0.223 e. The van der Waals surface area contributed by atoms with Crippen LogP contribution in [0.15, 0.2) is 6.07 Å². The van der Waals surface area contributed by atoms with Crippen molar-refractivity contribution < 1.29 is 0 Å². The molecule has 5 heteroatoms. The van der Waals surface area contributed by atoms with Crippen LogP contribution in [-0.2, 0) is 0 Å². The maximum atomic E-state index is 5.73. The lowest BCUT2D eigenvalue weighted by Gasteiger charge is -2.37. The van der Waals surface area contributed by atoms with E-state index in [-0.39, 0.29) is 0 Å². The van der Waals surface area contributed by atoms with Crippen molar-refractivity contribution in [2.24, 2.45) is 5.92 Å². The molecule has 1 saturated heterocycles. The average Bonchev–Trinajstić information content (AvgIpc) is 2.31. The lowest BCUT2D eigenvalue weighted by Crippen LogP contribution is -2.41. The summed E-state index contributed by atoms with van der Waals surface area (Å²) in [5, 5.41) is 3.02. The molecule has 2 heterocycles. The second kappa shape index (κ2) is 4.77. The zero-order valence-corrected chi connectivity index (χ0v) is 10.8. The van der Waals surface area contributed by atoms with Crippen LogP contribution < -0.4 is 16.0 Å². The van der Waals surface area contributed by atoms with Gasteiger partial charge in [-0.05, 0) is 25.7 Å². The molecule has 0 radical (unpaired) electrons. The van der Waals surface area contributed by atoms with Crippen molar-refractivity contribution >= 4 is 17.6 Å². The van der Waals surface area contributed by atoms with Gasteiger partial charge in [-0.15, -0.1) is 0 Å². The van der Waals surface area contributed by atoms with Gasteiger partial charge < -0.3 is 16.0 Å². The van der Waals surface area contributed by atoms with Gasteiger partial charge in [0.25, 0.3) is 0 Å². The number of nitrogens with two attached hydrogens (primary N) is 1. The number of hydrogen-bond donors (Lipinski definition) is 2. The average molecular weight is 235 g/mol. The number of nitrogens with zero attached hydrogens (tertiary/aromatic N) is 3. The minimum Gasteiger partial charge on any atom is -0.373 e. The Balaban J connectivity index is 2.28. The van der Waals surface area contributed by atoms with Crippen LogP contribution >= 0.6 is 0 Å². The lowest BCUT2D eigenvalue weighted by molar-refractivity contribution is 0.388. The van der Waals surface area contributed by atoms with Gasteiger partial charge in [-0.1, -0.05) is 6.92 Å². The molecule has 0 bridgehead atoms. The molecule has 3 N–H and O–H groups in total. The third kappa shape index (κ3) is 2.60. The molecule has 1 aromatic rings. The van der Waals surface area contributed by atoms with E-state index in [4.69, 9.17) is 5.73 Å². The molecule has 1 aromatic heterocycles. The lowest BCUT2D eigenvalue weighted by atomic mass is 9.95. The molecule has 0 saturated carbocycles. The predicted octanol–water partition coefficient (Wildman–Crippen LogP) is 1.73. The van der Waals surface area contributed by atoms with E-state index in [1.807, 2.05) is 13.1 Å². The monoisotopic (exact) mass is 235 g/mol. The third-order valence-corrected chi connectivity index (χ3v) is 3.40. The van der Waals surface area contributed by atoms with Crippen molar-refractivity contribution in [3.63, 3.8) is 0 Å². The Bertz CT molecular complexity index is 392. The van der Waals surface area contributed by atoms with Crippen molar-refractivity contribution in [2.75, 3.05) is 29.5 Å². The second-order valence-corrected chi connectivity index (χ2v) is 4.90. The summed E-state index contributed by atoms with van der Waals surface area (Å²) in [6, 6.07) is 2.48. The first-order valence-electron chi connectivity index (χ1n) is 6.19. The summed E-state index contributed by atoms with van der Waals surface area (Å²) in [6.07, 6.45) is 2.50. The first kappa shape index (κ1) is 12.0. The number of anilines is 3. The molecule has 2 atom stereocenters.